The Balaban J connectivity index is 2.87. The molecule has 3 heteroatoms. The molecule has 0 aliphatic carbocycles. The van der Waals surface area contributed by atoms with Crippen LogP contribution in [0.3, 0.4) is 0 Å². The minimum atomic E-state index is -0.0347. The molecule has 0 amide bonds. The molecule has 0 fully saturated rings. The number of fused-ring (bicyclic) bond motifs is 1. The Bertz CT molecular complexity index is 526. The molecule has 1 atom stereocenters. The van der Waals surface area contributed by atoms with Crippen LogP contribution in [0, 0.1) is 13.8 Å². The number of nitrogens with one attached hydrogen (secondary N) is 1. The highest BCUT2D eigenvalue weighted by atomic mass is 16.5. The van der Waals surface area contributed by atoms with Gasteiger partial charge in [-0.25, -0.2) is 0 Å². The van der Waals surface area contributed by atoms with E-state index in [0.717, 1.165) is 16.8 Å². The van der Waals surface area contributed by atoms with E-state index in [1.807, 2.05) is 19.1 Å². The standard InChI is InChI=1S/C13H18N2O/c1-7-9(3)15-10-5-6-11(16-4)13(8(2)14)12(7)10/h5-6,8,15H,14H2,1-4H3. The first-order chi connectivity index (χ1) is 7.56. The summed E-state index contributed by atoms with van der Waals surface area (Å²) in [4.78, 5) is 3.36. The molecule has 1 heterocycles. The quantitative estimate of drug-likeness (QED) is 0.814. The molecule has 86 valence electrons. The Hall–Kier alpha value is -1.48. The number of ether oxygens (including phenoxy) is 1. The average Bonchev–Trinajstić information content (AvgIpc) is 2.53. The van der Waals surface area contributed by atoms with Gasteiger partial charge in [0.15, 0.2) is 0 Å². The molecular weight excluding hydrogens is 200 g/mol. The van der Waals surface area contributed by atoms with Gasteiger partial charge in [-0.1, -0.05) is 0 Å². The molecule has 2 aromatic rings. The van der Waals surface area contributed by atoms with Gasteiger partial charge in [0.25, 0.3) is 0 Å². The van der Waals surface area contributed by atoms with Crippen LogP contribution in [-0.2, 0) is 0 Å². The first-order valence-corrected chi connectivity index (χ1v) is 5.47. The SMILES string of the molecule is COc1ccc2[nH]c(C)c(C)c2c1C(C)N. The summed E-state index contributed by atoms with van der Waals surface area (Å²) in [6.07, 6.45) is 0. The van der Waals surface area contributed by atoms with Gasteiger partial charge >= 0.3 is 0 Å². The van der Waals surface area contributed by atoms with Crippen molar-refractivity contribution in [3.8, 4) is 5.75 Å². The fourth-order valence-corrected chi connectivity index (χ4v) is 2.22. The predicted octanol–water partition coefficient (Wildman–Crippen LogP) is 2.81. The number of hydrogen-bond donors (Lipinski definition) is 2. The Morgan fingerprint density at radius 1 is 1.31 bits per heavy atom. The fourth-order valence-electron chi connectivity index (χ4n) is 2.22. The average molecular weight is 218 g/mol. The summed E-state index contributed by atoms with van der Waals surface area (Å²) in [5, 5.41) is 1.20. The second-order valence-corrected chi connectivity index (χ2v) is 4.27. The van der Waals surface area contributed by atoms with Crippen molar-refractivity contribution < 1.29 is 4.74 Å². The lowest BCUT2D eigenvalue weighted by atomic mass is 10.00. The van der Waals surface area contributed by atoms with E-state index in [0.29, 0.717) is 0 Å². The van der Waals surface area contributed by atoms with Gasteiger partial charge in [0.05, 0.1) is 7.11 Å². The number of H-pyrrole nitrogens is 1. The summed E-state index contributed by atoms with van der Waals surface area (Å²) in [5.74, 6) is 0.865. The number of aromatic nitrogens is 1. The molecule has 3 nitrogen and oxygen atoms in total. The van der Waals surface area contributed by atoms with Crippen molar-refractivity contribution in [1.29, 1.82) is 0 Å². The van der Waals surface area contributed by atoms with Gasteiger partial charge in [0, 0.05) is 28.2 Å². The molecule has 0 saturated heterocycles. The van der Waals surface area contributed by atoms with Crippen molar-refractivity contribution in [1.82, 2.24) is 4.98 Å². The Labute approximate surface area is 95.6 Å². The minimum absolute atomic E-state index is 0.0347. The van der Waals surface area contributed by atoms with Gasteiger partial charge in [-0.3, -0.25) is 0 Å². The molecule has 2 rings (SSSR count). The summed E-state index contributed by atoms with van der Waals surface area (Å²) in [6, 6.07) is 3.98. The summed E-state index contributed by atoms with van der Waals surface area (Å²) >= 11 is 0. The lowest BCUT2D eigenvalue weighted by Crippen LogP contribution is -2.07. The van der Waals surface area contributed by atoms with E-state index < -0.39 is 0 Å². The first-order valence-electron chi connectivity index (χ1n) is 5.47. The van der Waals surface area contributed by atoms with Crippen LogP contribution in [0.4, 0.5) is 0 Å². The lowest BCUT2D eigenvalue weighted by molar-refractivity contribution is 0.408. The number of aryl methyl sites for hydroxylation is 2. The normalized spacial score (nSPS) is 13.1. The molecule has 0 bridgehead atoms. The van der Waals surface area contributed by atoms with Gasteiger partial charge in [-0.15, -0.1) is 0 Å². The monoisotopic (exact) mass is 218 g/mol. The molecule has 0 radical (unpaired) electrons. The third kappa shape index (κ3) is 1.48. The third-order valence-electron chi connectivity index (χ3n) is 3.14. The van der Waals surface area contributed by atoms with Crippen LogP contribution in [0.5, 0.6) is 5.75 Å². The van der Waals surface area contributed by atoms with Crippen molar-refractivity contribution in [2.75, 3.05) is 7.11 Å². The molecular formula is C13H18N2O. The van der Waals surface area contributed by atoms with Crippen LogP contribution in [0.15, 0.2) is 12.1 Å². The number of hydrogen-bond acceptors (Lipinski definition) is 2. The highest BCUT2D eigenvalue weighted by Crippen LogP contribution is 2.34. The largest absolute Gasteiger partial charge is 0.496 e. The molecule has 3 N–H and O–H groups in total. The maximum Gasteiger partial charge on any atom is 0.124 e. The van der Waals surface area contributed by atoms with Crippen LogP contribution >= 0.6 is 0 Å². The highest BCUT2D eigenvalue weighted by Gasteiger charge is 2.16. The van der Waals surface area contributed by atoms with E-state index >= 15 is 0 Å². The molecule has 0 aliphatic rings. The smallest absolute Gasteiger partial charge is 0.124 e. The number of methoxy groups -OCH3 is 1. The van der Waals surface area contributed by atoms with Crippen LogP contribution < -0.4 is 10.5 Å². The van der Waals surface area contributed by atoms with Crippen LogP contribution in [0.1, 0.15) is 29.8 Å². The maximum atomic E-state index is 6.04. The van der Waals surface area contributed by atoms with Crippen LogP contribution in [0.2, 0.25) is 0 Å². The van der Waals surface area contributed by atoms with Gasteiger partial charge in [-0.05, 0) is 38.5 Å². The molecule has 1 unspecified atom stereocenters. The lowest BCUT2D eigenvalue weighted by Gasteiger charge is -2.13. The van der Waals surface area contributed by atoms with Crippen molar-refractivity contribution in [2.24, 2.45) is 5.73 Å². The molecule has 1 aromatic heterocycles. The number of aromatic amines is 1. The predicted molar refractivity (Wildman–Crippen MR) is 66.9 cm³/mol. The summed E-state index contributed by atoms with van der Waals surface area (Å²) in [6.45, 7) is 6.17. The zero-order valence-electron chi connectivity index (χ0n) is 10.2. The fraction of sp³-hybridized carbons (Fsp3) is 0.385. The van der Waals surface area contributed by atoms with E-state index in [9.17, 15) is 0 Å². The highest BCUT2D eigenvalue weighted by molar-refractivity contribution is 5.90. The Morgan fingerprint density at radius 2 is 2.00 bits per heavy atom. The summed E-state index contributed by atoms with van der Waals surface area (Å²) in [7, 11) is 1.68. The van der Waals surface area contributed by atoms with E-state index in [2.05, 4.69) is 18.8 Å². The van der Waals surface area contributed by atoms with E-state index in [4.69, 9.17) is 10.5 Å². The second kappa shape index (κ2) is 3.83. The number of nitrogens with two attached hydrogens (primary N) is 1. The van der Waals surface area contributed by atoms with Gasteiger partial charge in [0.1, 0.15) is 5.75 Å². The molecule has 0 aliphatic heterocycles. The van der Waals surface area contributed by atoms with Crippen molar-refractivity contribution in [3.63, 3.8) is 0 Å². The van der Waals surface area contributed by atoms with Crippen molar-refractivity contribution in [2.45, 2.75) is 26.8 Å². The Morgan fingerprint density at radius 3 is 2.56 bits per heavy atom. The zero-order chi connectivity index (χ0) is 11.9. The number of benzene rings is 1. The first kappa shape index (κ1) is 11.0. The summed E-state index contributed by atoms with van der Waals surface area (Å²) < 4.78 is 5.39. The van der Waals surface area contributed by atoms with E-state index in [1.54, 1.807) is 7.11 Å². The molecule has 0 spiro atoms. The van der Waals surface area contributed by atoms with Crippen molar-refractivity contribution in [3.05, 3.63) is 29.0 Å². The molecule has 1 aromatic carbocycles. The Kier molecular flexibility index (Phi) is 2.64. The number of rotatable bonds is 2. The summed E-state index contributed by atoms with van der Waals surface area (Å²) in [5.41, 5.74) is 10.7. The minimum Gasteiger partial charge on any atom is -0.496 e. The zero-order valence-corrected chi connectivity index (χ0v) is 10.2. The van der Waals surface area contributed by atoms with E-state index in [-0.39, 0.29) is 6.04 Å². The molecule has 0 saturated carbocycles. The van der Waals surface area contributed by atoms with Crippen LogP contribution in [-0.4, -0.2) is 12.1 Å². The van der Waals surface area contributed by atoms with Gasteiger partial charge in [-0.2, -0.15) is 0 Å². The van der Waals surface area contributed by atoms with Crippen LogP contribution in [0.25, 0.3) is 10.9 Å². The van der Waals surface area contributed by atoms with Gasteiger partial charge in [0.2, 0.25) is 0 Å². The third-order valence-corrected chi connectivity index (χ3v) is 3.14. The second-order valence-electron chi connectivity index (χ2n) is 4.27. The topological polar surface area (TPSA) is 51.0 Å². The van der Waals surface area contributed by atoms with E-state index in [1.165, 1.54) is 16.6 Å². The maximum absolute atomic E-state index is 6.04. The molecule has 16 heavy (non-hydrogen) atoms. The van der Waals surface area contributed by atoms with Gasteiger partial charge < -0.3 is 15.5 Å². The van der Waals surface area contributed by atoms with Crippen molar-refractivity contribution >= 4 is 10.9 Å².